The van der Waals surface area contributed by atoms with Gasteiger partial charge in [-0.15, -0.1) is 0 Å². The molecule has 0 saturated heterocycles. The maximum absolute atomic E-state index is 11.1. The third-order valence-electron chi connectivity index (χ3n) is 3.72. The van der Waals surface area contributed by atoms with E-state index in [-0.39, 0.29) is 5.97 Å². The summed E-state index contributed by atoms with van der Waals surface area (Å²) in [7, 11) is 0. The van der Waals surface area contributed by atoms with Crippen molar-refractivity contribution in [3.05, 3.63) is 29.8 Å². The molecule has 0 aliphatic heterocycles. The molecule has 98 valence electrons. The standard InChI is InChI=1S/C16H22O2/c1-13(17)18-16-12-8-7-11-15(16)14-9-5-3-2-4-6-10-14/h7-8,11-12,14H,2-6,9-10H2,1H3. The molecular formula is C16H22O2. The van der Waals surface area contributed by atoms with Crippen molar-refractivity contribution in [3.63, 3.8) is 0 Å². The highest BCUT2D eigenvalue weighted by atomic mass is 16.5. The molecule has 0 radical (unpaired) electrons. The third kappa shape index (κ3) is 3.59. The van der Waals surface area contributed by atoms with Gasteiger partial charge >= 0.3 is 5.97 Å². The number of ether oxygens (including phenoxy) is 1. The summed E-state index contributed by atoms with van der Waals surface area (Å²) in [6.45, 7) is 1.47. The van der Waals surface area contributed by atoms with Gasteiger partial charge in [-0.05, 0) is 30.4 Å². The third-order valence-corrected chi connectivity index (χ3v) is 3.72. The molecular weight excluding hydrogens is 224 g/mol. The Morgan fingerprint density at radius 2 is 1.67 bits per heavy atom. The number of hydrogen-bond acceptors (Lipinski definition) is 2. The molecule has 0 amide bonds. The van der Waals surface area contributed by atoms with Crippen molar-refractivity contribution in [3.8, 4) is 5.75 Å². The van der Waals surface area contributed by atoms with Crippen LogP contribution in [0.3, 0.4) is 0 Å². The SMILES string of the molecule is CC(=O)Oc1ccccc1C1CCCCCCC1. The summed E-state index contributed by atoms with van der Waals surface area (Å²) in [6.07, 6.45) is 9.07. The molecule has 0 atom stereocenters. The summed E-state index contributed by atoms with van der Waals surface area (Å²) < 4.78 is 5.33. The predicted molar refractivity (Wildman–Crippen MR) is 72.8 cm³/mol. The van der Waals surface area contributed by atoms with Crippen LogP contribution in [0, 0.1) is 0 Å². The lowest BCUT2D eigenvalue weighted by molar-refractivity contribution is -0.131. The first-order valence-corrected chi connectivity index (χ1v) is 7.04. The van der Waals surface area contributed by atoms with Gasteiger partial charge in [0.05, 0.1) is 0 Å². The van der Waals surface area contributed by atoms with E-state index in [9.17, 15) is 4.79 Å². The number of carbonyl (C=O) groups is 1. The topological polar surface area (TPSA) is 26.3 Å². The van der Waals surface area contributed by atoms with E-state index in [2.05, 4.69) is 6.07 Å². The monoisotopic (exact) mass is 246 g/mol. The first kappa shape index (κ1) is 13.1. The Morgan fingerprint density at radius 1 is 1.06 bits per heavy atom. The van der Waals surface area contributed by atoms with Crippen LogP contribution in [-0.2, 0) is 4.79 Å². The van der Waals surface area contributed by atoms with Gasteiger partial charge in [0.1, 0.15) is 5.75 Å². The van der Waals surface area contributed by atoms with Gasteiger partial charge in [0.2, 0.25) is 0 Å². The van der Waals surface area contributed by atoms with E-state index < -0.39 is 0 Å². The maximum Gasteiger partial charge on any atom is 0.308 e. The Kier molecular flexibility index (Phi) is 4.80. The lowest BCUT2D eigenvalue weighted by Crippen LogP contribution is -2.08. The number of hydrogen-bond donors (Lipinski definition) is 0. The normalized spacial score (nSPS) is 17.8. The molecule has 2 nitrogen and oxygen atoms in total. The van der Waals surface area contributed by atoms with Gasteiger partial charge in [-0.25, -0.2) is 0 Å². The number of esters is 1. The fraction of sp³-hybridized carbons (Fsp3) is 0.562. The van der Waals surface area contributed by atoms with Crippen LogP contribution < -0.4 is 4.74 Å². The van der Waals surface area contributed by atoms with Crippen molar-refractivity contribution in [1.82, 2.24) is 0 Å². The number of carbonyl (C=O) groups excluding carboxylic acids is 1. The second-order valence-electron chi connectivity index (χ2n) is 5.17. The number of para-hydroxylation sites is 1. The second kappa shape index (κ2) is 6.58. The molecule has 1 aliphatic carbocycles. The predicted octanol–water partition coefficient (Wildman–Crippen LogP) is 4.44. The van der Waals surface area contributed by atoms with Gasteiger partial charge in [0.15, 0.2) is 0 Å². The molecule has 0 spiro atoms. The Labute approximate surface area is 109 Å². The molecule has 2 heteroatoms. The largest absolute Gasteiger partial charge is 0.426 e. The molecule has 0 N–H and O–H groups in total. The molecule has 0 aromatic heterocycles. The Bertz CT molecular complexity index is 390. The molecule has 1 aromatic carbocycles. The molecule has 1 aromatic rings. The lowest BCUT2D eigenvalue weighted by Gasteiger charge is -2.22. The molecule has 1 fully saturated rings. The smallest absolute Gasteiger partial charge is 0.308 e. The zero-order chi connectivity index (χ0) is 12.8. The van der Waals surface area contributed by atoms with Crippen LogP contribution in [0.5, 0.6) is 5.75 Å². The maximum atomic E-state index is 11.1. The fourth-order valence-corrected chi connectivity index (χ4v) is 2.83. The fourth-order valence-electron chi connectivity index (χ4n) is 2.83. The van der Waals surface area contributed by atoms with E-state index in [0.29, 0.717) is 5.92 Å². The minimum atomic E-state index is -0.228. The van der Waals surface area contributed by atoms with Crippen LogP contribution in [0.2, 0.25) is 0 Å². The average molecular weight is 246 g/mol. The van der Waals surface area contributed by atoms with E-state index in [4.69, 9.17) is 4.74 Å². The van der Waals surface area contributed by atoms with E-state index in [0.717, 1.165) is 5.75 Å². The van der Waals surface area contributed by atoms with Crippen molar-refractivity contribution >= 4 is 5.97 Å². The van der Waals surface area contributed by atoms with Gasteiger partial charge in [0.25, 0.3) is 0 Å². The van der Waals surface area contributed by atoms with Crippen LogP contribution in [0.25, 0.3) is 0 Å². The second-order valence-corrected chi connectivity index (χ2v) is 5.17. The van der Waals surface area contributed by atoms with E-state index in [1.807, 2.05) is 18.2 Å². The van der Waals surface area contributed by atoms with E-state index in [1.54, 1.807) is 0 Å². The van der Waals surface area contributed by atoms with Crippen molar-refractivity contribution in [2.24, 2.45) is 0 Å². The van der Waals surface area contributed by atoms with Crippen molar-refractivity contribution in [2.75, 3.05) is 0 Å². The van der Waals surface area contributed by atoms with Crippen LogP contribution in [0.1, 0.15) is 63.4 Å². The van der Waals surface area contributed by atoms with Gasteiger partial charge in [-0.3, -0.25) is 4.79 Å². The van der Waals surface area contributed by atoms with Crippen LogP contribution in [-0.4, -0.2) is 5.97 Å². The highest BCUT2D eigenvalue weighted by Crippen LogP contribution is 2.35. The van der Waals surface area contributed by atoms with Crippen molar-refractivity contribution < 1.29 is 9.53 Å². The lowest BCUT2D eigenvalue weighted by atomic mass is 9.85. The summed E-state index contributed by atoms with van der Waals surface area (Å²) in [4.78, 5) is 11.1. The van der Waals surface area contributed by atoms with Crippen LogP contribution in [0.4, 0.5) is 0 Å². The summed E-state index contributed by atoms with van der Waals surface area (Å²) in [6, 6.07) is 8.01. The zero-order valence-electron chi connectivity index (χ0n) is 11.2. The zero-order valence-corrected chi connectivity index (χ0v) is 11.2. The molecule has 0 unspecified atom stereocenters. The van der Waals surface area contributed by atoms with Gasteiger partial charge in [-0.1, -0.05) is 50.3 Å². The van der Waals surface area contributed by atoms with Crippen molar-refractivity contribution in [1.29, 1.82) is 0 Å². The van der Waals surface area contributed by atoms with Gasteiger partial charge < -0.3 is 4.74 Å². The van der Waals surface area contributed by atoms with E-state index >= 15 is 0 Å². The Balaban J connectivity index is 2.16. The summed E-state index contributed by atoms with van der Waals surface area (Å²) in [5.41, 5.74) is 1.22. The minimum absolute atomic E-state index is 0.228. The summed E-state index contributed by atoms with van der Waals surface area (Å²) in [5.74, 6) is 1.09. The van der Waals surface area contributed by atoms with Crippen molar-refractivity contribution in [2.45, 2.75) is 57.8 Å². The average Bonchev–Trinajstić information content (AvgIpc) is 2.29. The molecule has 2 rings (SSSR count). The first-order valence-electron chi connectivity index (χ1n) is 7.04. The Morgan fingerprint density at radius 3 is 2.33 bits per heavy atom. The van der Waals surface area contributed by atoms with Crippen LogP contribution in [0.15, 0.2) is 24.3 Å². The molecule has 1 saturated carbocycles. The highest BCUT2D eigenvalue weighted by molar-refractivity contribution is 5.69. The first-order chi connectivity index (χ1) is 8.77. The summed E-state index contributed by atoms with van der Waals surface area (Å²) >= 11 is 0. The number of benzene rings is 1. The molecule has 1 aliphatic rings. The quantitative estimate of drug-likeness (QED) is 0.569. The molecule has 18 heavy (non-hydrogen) atoms. The number of rotatable bonds is 2. The summed E-state index contributed by atoms with van der Waals surface area (Å²) in [5, 5.41) is 0. The van der Waals surface area contributed by atoms with E-state index in [1.165, 1.54) is 57.4 Å². The van der Waals surface area contributed by atoms with Crippen LogP contribution >= 0.6 is 0 Å². The minimum Gasteiger partial charge on any atom is -0.426 e. The van der Waals surface area contributed by atoms with Gasteiger partial charge in [-0.2, -0.15) is 0 Å². The van der Waals surface area contributed by atoms with Gasteiger partial charge in [0, 0.05) is 6.92 Å². The highest BCUT2D eigenvalue weighted by Gasteiger charge is 2.17. The molecule has 0 heterocycles. The Hall–Kier alpha value is -1.31. The molecule has 0 bridgehead atoms.